The van der Waals surface area contributed by atoms with Gasteiger partial charge >= 0.3 is 0 Å². The second-order valence-electron chi connectivity index (χ2n) is 7.61. The topological polar surface area (TPSA) is 92.8 Å². The fourth-order valence-corrected chi connectivity index (χ4v) is 5.40. The summed E-state index contributed by atoms with van der Waals surface area (Å²) in [6.45, 7) is 1.78. The molecule has 1 unspecified atom stereocenters. The first-order valence-corrected chi connectivity index (χ1v) is 11.0. The summed E-state index contributed by atoms with van der Waals surface area (Å²) in [6.07, 6.45) is 6.92. The monoisotopic (exact) mass is 372 g/mol. The Bertz CT molecular complexity index is 588. The van der Waals surface area contributed by atoms with Gasteiger partial charge in [-0.1, -0.05) is 19.3 Å². The van der Waals surface area contributed by atoms with Gasteiger partial charge in [-0.15, -0.1) is 0 Å². The van der Waals surface area contributed by atoms with Crippen molar-refractivity contribution in [1.82, 2.24) is 9.62 Å². The number of rotatable bonds is 5. The zero-order valence-electron chi connectivity index (χ0n) is 14.6. The van der Waals surface area contributed by atoms with Gasteiger partial charge in [0.25, 0.3) is 0 Å². The number of hydrogen-bond donors (Lipinski definition) is 1. The SMILES string of the molecule is O=C(NS(=O)(=O)CC1CCCOC1)C1CN(C(=O)C2CCCCC2)C1. The summed E-state index contributed by atoms with van der Waals surface area (Å²) in [5.41, 5.74) is 0. The second kappa shape index (κ2) is 8.03. The number of hydrogen-bond acceptors (Lipinski definition) is 5. The molecule has 142 valence electrons. The summed E-state index contributed by atoms with van der Waals surface area (Å²) in [4.78, 5) is 26.2. The summed E-state index contributed by atoms with van der Waals surface area (Å²) in [5, 5.41) is 0. The molecule has 2 heterocycles. The van der Waals surface area contributed by atoms with Crippen LogP contribution in [0.25, 0.3) is 0 Å². The molecule has 2 saturated heterocycles. The van der Waals surface area contributed by atoms with Crippen molar-refractivity contribution in [1.29, 1.82) is 0 Å². The molecule has 0 aromatic heterocycles. The highest BCUT2D eigenvalue weighted by Gasteiger charge is 2.39. The summed E-state index contributed by atoms with van der Waals surface area (Å²) >= 11 is 0. The van der Waals surface area contributed by atoms with Gasteiger partial charge < -0.3 is 9.64 Å². The fourth-order valence-electron chi connectivity index (χ4n) is 3.96. The summed E-state index contributed by atoms with van der Waals surface area (Å²) in [7, 11) is -3.64. The van der Waals surface area contributed by atoms with Crippen molar-refractivity contribution in [3.63, 3.8) is 0 Å². The minimum atomic E-state index is -3.64. The average Bonchev–Trinajstić information content (AvgIpc) is 2.54. The zero-order valence-corrected chi connectivity index (χ0v) is 15.4. The molecule has 2 amide bonds. The third kappa shape index (κ3) is 4.94. The fraction of sp³-hybridized carbons (Fsp3) is 0.882. The van der Waals surface area contributed by atoms with Gasteiger partial charge in [-0.2, -0.15) is 0 Å². The number of nitrogens with zero attached hydrogens (tertiary/aromatic N) is 1. The molecular weight excluding hydrogens is 344 g/mol. The maximum atomic E-state index is 12.4. The average molecular weight is 372 g/mol. The van der Waals surface area contributed by atoms with Crippen LogP contribution in [-0.2, 0) is 24.3 Å². The quantitative estimate of drug-likeness (QED) is 0.774. The second-order valence-corrected chi connectivity index (χ2v) is 9.37. The predicted octanol–water partition coefficient (Wildman–Crippen LogP) is 0.898. The molecule has 0 bridgehead atoms. The summed E-state index contributed by atoms with van der Waals surface area (Å²) < 4.78 is 31.8. The zero-order chi connectivity index (χ0) is 17.9. The first-order chi connectivity index (χ1) is 11.9. The molecule has 3 aliphatic rings. The molecule has 2 aliphatic heterocycles. The molecule has 0 aromatic rings. The third-order valence-corrected chi connectivity index (χ3v) is 6.91. The smallest absolute Gasteiger partial charge is 0.240 e. The van der Waals surface area contributed by atoms with Crippen LogP contribution < -0.4 is 4.72 Å². The van der Waals surface area contributed by atoms with Crippen molar-refractivity contribution in [3.8, 4) is 0 Å². The molecule has 1 atom stereocenters. The number of amides is 2. The lowest BCUT2D eigenvalue weighted by molar-refractivity contribution is -0.146. The lowest BCUT2D eigenvalue weighted by Crippen LogP contribution is -2.58. The molecule has 1 aliphatic carbocycles. The lowest BCUT2D eigenvalue weighted by atomic mass is 9.86. The maximum Gasteiger partial charge on any atom is 0.240 e. The Morgan fingerprint density at radius 1 is 1.00 bits per heavy atom. The Kier molecular flexibility index (Phi) is 5.99. The third-order valence-electron chi connectivity index (χ3n) is 5.48. The molecule has 7 nitrogen and oxygen atoms in total. The van der Waals surface area contributed by atoms with E-state index in [-0.39, 0.29) is 23.5 Å². The molecule has 1 N–H and O–H groups in total. The van der Waals surface area contributed by atoms with Crippen molar-refractivity contribution in [2.45, 2.75) is 44.9 Å². The number of likely N-dealkylation sites (tertiary alicyclic amines) is 1. The lowest BCUT2D eigenvalue weighted by Gasteiger charge is -2.40. The van der Waals surface area contributed by atoms with E-state index in [2.05, 4.69) is 4.72 Å². The molecule has 0 spiro atoms. The molecule has 0 aromatic carbocycles. The van der Waals surface area contributed by atoms with Gasteiger partial charge in [0.15, 0.2) is 0 Å². The van der Waals surface area contributed by atoms with Crippen LogP contribution in [0.5, 0.6) is 0 Å². The molecular formula is C17H28N2O5S. The largest absolute Gasteiger partial charge is 0.381 e. The molecule has 3 rings (SSSR count). The van der Waals surface area contributed by atoms with Crippen LogP contribution in [0.3, 0.4) is 0 Å². The first kappa shape index (κ1) is 18.6. The molecule has 1 saturated carbocycles. The highest BCUT2D eigenvalue weighted by atomic mass is 32.2. The Morgan fingerprint density at radius 2 is 1.72 bits per heavy atom. The van der Waals surface area contributed by atoms with Crippen LogP contribution >= 0.6 is 0 Å². The van der Waals surface area contributed by atoms with Crippen molar-refractivity contribution < 1.29 is 22.7 Å². The highest BCUT2D eigenvalue weighted by Crippen LogP contribution is 2.28. The van der Waals surface area contributed by atoms with Crippen LogP contribution in [-0.4, -0.2) is 57.2 Å². The van der Waals surface area contributed by atoms with Gasteiger partial charge in [0.2, 0.25) is 21.8 Å². The highest BCUT2D eigenvalue weighted by molar-refractivity contribution is 7.90. The van der Waals surface area contributed by atoms with Crippen molar-refractivity contribution in [3.05, 3.63) is 0 Å². The Balaban J connectivity index is 1.42. The Labute approximate surface area is 149 Å². The van der Waals surface area contributed by atoms with Crippen molar-refractivity contribution >= 4 is 21.8 Å². The summed E-state index contributed by atoms with van der Waals surface area (Å²) in [5.74, 6) is -0.797. The number of carbonyl (C=O) groups is 2. The van der Waals surface area contributed by atoms with Gasteiger partial charge in [-0.05, 0) is 31.6 Å². The van der Waals surface area contributed by atoms with E-state index in [1.165, 1.54) is 6.42 Å². The van der Waals surface area contributed by atoms with Crippen LogP contribution in [0.15, 0.2) is 0 Å². The number of sulfonamides is 1. The van der Waals surface area contributed by atoms with Gasteiger partial charge in [0, 0.05) is 25.6 Å². The Hall–Kier alpha value is -1.15. The number of ether oxygens (including phenoxy) is 1. The minimum absolute atomic E-state index is 0.0511. The van der Waals surface area contributed by atoms with Crippen LogP contribution in [0, 0.1) is 17.8 Å². The van der Waals surface area contributed by atoms with E-state index < -0.39 is 21.8 Å². The molecule has 25 heavy (non-hydrogen) atoms. The van der Waals surface area contributed by atoms with E-state index in [0.717, 1.165) is 38.5 Å². The molecule has 8 heteroatoms. The number of carbonyl (C=O) groups excluding carboxylic acids is 2. The van der Waals surface area contributed by atoms with E-state index >= 15 is 0 Å². The molecule has 0 radical (unpaired) electrons. The van der Waals surface area contributed by atoms with Crippen LogP contribution in [0.2, 0.25) is 0 Å². The van der Waals surface area contributed by atoms with E-state index in [4.69, 9.17) is 4.74 Å². The van der Waals surface area contributed by atoms with Crippen molar-refractivity contribution in [2.24, 2.45) is 17.8 Å². The Morgan fingerprint density at radius 3 is 2.36 bits per heavy atom. The van der Waals surface area contributed by atoms with E-state index in [1.54, 1.807) is 4.90 Å². The normalized spacial score (nSPS) is 26.1. The van der Waals surface area contributed by atoms with E-state index in [0.29, 0.717) is 26.3 Å². The predicted molar refractivity (Wildman–Crippen MR) is 92.1 cm³/mol. The van der Waals surface area contributed by atoms with Gasteiger partial charge in [-0.3, -0.25) is 14.3 Å². The van der Waals surface area contributed by atoms with Crippen LogP contribution in [0.1, 0.15) is 44.9 Å². The van der Waals surface area contributed by atoms with Crippen LogP contribution in [0.4, 0.5) is 0 Å². The minimum Gasteiger partial charge on any atom is -0.381 e. The first-order valence-electron chi connectivity index (χ1n) is 9.35. The maximum absolute atomic E-state index is 12.4. The van der Waals surface area contributed by atoms with Gasteiger partial charge in [0.05, 0.1) is 18.3 Å². The van der Waals surface area contributed by atoms with E-state index in [1.807, 2.05) is 0 Å². The number of nitrogens with one attached hydrogen (secondary N) is 1. The van der Waals surface area contributed by atoms with Gasteiger partial charge in [0.1, 0.15) is 0 Å². The van der Waals surface area contributed by atoms with Crippen molar-refractivity contribution in [2.75, 3.05) is 32.1 Å². The van der Waals surface area contributed by atoms with E-state index in [9.17, 15) is 18.0 Å². The summed E-state index contributed by atoms with van der Waals surface area (Å²) in [6, 6.07) is 0. The molecule has 3 fully saturated rings. The van der Waals surface area contributed by atoms with Gasteiger partial charge in [-0.25, -0.2) is 8.42 Å². The standard InChI is InChI=1S/C17H28N2O5S/c20-16(18-25(22,23)12-13-5-4-8-24-11-13)15-9-19(10-15)17(21)14-6-2-1-3-7-14/h13-15H,1-12H2,(H,18,20).